The summed E-state index contributed by atoms with van der Waals surface area (Å²) in [6.45, 7) is 7.22. The van der Waals surface area contributed by atoms with Gasteiger partial charge < -0.3 is 21.1 Å². The zero-order valence-corrected chi connectivity index (χ0v) is 18.7. The molecule has 0 bridgehead atoms. The van der Waals surface area contributed by atoms with E-state index in [0.29, 0.717) is 18.7 Å². The minimum Gasteiger partial charge on any atom is -0.488 e. The molecule has 4 N–H and O–H groups in total. The summed E-state index contributed by atoms with van der Waals surface area (Å²) in [5, 5.41) is 5.84. The van der Waals surface area contributed by atoms with Crippen LogP contribution in [0.1, 0.15) is 38.2 Å². The highest BCUT2D eigenvalue weighted by Crippen LogP contribution is 2.26. The molecule has 166 valence electrons. The predicted molar refractivity (Wildman–Crippen MR) is 127 cm³/mol. The van der Waals surface area contributed by atoms with E-state index in [2.05, 4.69) is 55.7 Å². The van der Waals surface area contributed by atoms with E-state index in [1.807, 2.05) is 24.3 Å². The van der Waals surface area contributed by atoms with Crippen LogP contribution in [-0.2, 0) is 17.9 Å². The summed E-state index contributed by atoms with van der Waals surface area (Å²) in [7, 11) is 0. The molecule has 0 aliphatic heterocycles. The Morgan fingerprint density at radius 2 is 1.56 bits per heavy atom. The van der Waals surface area contributed by atoms with Crippen molar-refractivity contribution in [1.29, 1.82) is 0 Å². The van der Waals surface area contributed by atoms with Gasteiger partial charge in [0.05, 0.1) is 6.54 Å². The molecule has 0 saturated heterocycles. The Labute approximate surface area is 188 Å². The first kappa shape index (κ1) is 22.9. The van der Waals surface area contributed by atoms with E-state index in [0.717, 1.165) is 28.1 Å². The van der Waals surface area contributed by atoms with Gasteiger partial charge in [-0.3, -0.25) is 9.59 Å². The van der Waals surface area contributed by atoms with Crippen LogP contribution in [0.5, 0.6) is 5.75 Å². The number of aryl methyl sites for hydroxylation is 3. The monoisotopic (exact) mass is 431 g/mol. The van der Waals surface area contributed by atoms with E-state index >= 15 is 0 Å². The normalized spacial score (nSPS) is 10.5. The van der Waals surface area contributed by atoms with E-state index in [-0.39, 0.29) is 12.5 Å². The van der Waals surface area contributed by atoms with Gasteiger partial charge in [-0.2, -0.15) is 0 Å². The van der Waals surface area contributed by atoms with Crippen molar-refractivity contribution >= 4 is 17.5 Å². The van der Waals surface area contributed by atoms with Crippen LogP contribution in [0.25, 0.3) is 0 Å². The summed E-state index contributed by atoms with van der Waals surface area (Å²) < 4.78 is 6.14. The number of carbonyl (C=O) groups excluding carboxylic acids is 2. The number of nitrogens with one attached hydrogen (secondary N) is 2. The van der Waals surface area contributed by atoms with Gasteiger partial charge >= 0.3 is 0 Å². The summed E-state index contributed by atoms with van der Waals surface area (Å²) in [6, 6.07) is 19.6. The van der Waals surface area contributed by atoms with Crippen LogP contribution < -0.4 is 21.1 Å². The van der Waals surface area contributed by atoms with Gasteiger partial charge in [0.2, 0.25) is 5.91 Å². The summed E-state index contributed by atoms with van der Waals surface area (Å²) >= 11 is 0. The van der Waals surface area contributed by atoms with Crippen molar-refractivity contribution in [2.45, 2.75) is 33.9 Å². The minimum absolute atomic E-state index is 0.178. The summed E-state index contributed by atoms with van der Waals surface area (Å²) in [4.78, 5) is 22.7. The maximum atomic E-state index is 12.0. The molecule has 32 heavy (non-hydrogen) atoms. The number of ether oxygens (including phenoxy) is 1. The molecule has 0 aliphatic rings. The van der Waals surface area contributed by atoms with Crippen molar-refractivity contribution in [1.82, 2.24) is 5.32 Å². The molecular weight excluding hydrogens is 402 g/mol. The van der Waals surface area contributed by atoms with E-state index < -0.39 is 5.91 Å². The Kier molecular flexibility index (Phi) is 7.49. The molecule has 3 aromatic carbocycles. The van der Waals surface area contributed by atoms with Gasteiger partial charge in [-0.25, -0.2) is 0 Å². The van der Waals surface area contributed by atoms with Crippen molar-refractivity contribution in [3.8, 4) is 5.75 Å². The molecule has 0 spiro atoms. The second-order valence-corrected chi connectivity index (χ2v) is 7.85. The quantitative estimate of drug-likeness (QED) is 0.477. The maximum absolute atomic E-state index is 12.0. The molecule has 6 nitrogen and oxygen atoms in total. The third-order valence-corrected chi connectivity index (χ3v) is 5.22. The topological polar surface area (TPSA) is 93.4 Å². The van der Waals surface area contributed by atoms with Crippen molar-refractivity contribution in [3.05, 3.63) is 94.0 Å². The fourth-order valence-electron chi connectivity index (χ4n) is 3.50. The number of benzene rings is 3. The fraction of sp³-hybridized carbons (Fsp3) is 0.231. The molecular formula is C26H29N3O3. The lowest BCUT2D eigenvalue weighted by atomic mass is 10.0. The van der Waals surface area contributed by atoms with Gasteiger partial charge in [-0.05, 0) is 72.9 Å². The molecule has 0 atom stereocenters. The van der Waals surface area contributed by atoms with Crippen LogP contribution in [0.3, 0.4) is 0 Å². The summed E-state index contributed by atoms with van der Waals surface area (Å²) in [5.41, 5.74) is 12.2. The van der Waals surface area contributed by atoms with Crippen LogP contribution >= 0.6 is 0 Å². The largest absolute Gasteiger partial charge is 0.488 e. The highest BCUT2D eigenvalue weighted by molar-refractivity contribution is 5.96. The van der Waals surface area contributed by atoms with E-state index in [4.69, 9.17) is 10.5 Å². The van der Waals surface area contributed by atoms with Crippen molar-refractivity contribution < 1.29 is 14.3 Å². The van der Waals surface area contributed by atoms with E-state index in [1.54, 1.807) is 12.1 Å². The van der Waals surface area contributed by atoms with E-state index in [9.17, 15) is 9.59 Å². The molecule has 6 heteroatoms. The summed E-state index contributed by atoms with van der Waals surface area (Å²) in [6.07, 6.45) is 0. The Balaban J connectivity index is 1.59. The average molecular weight is 432 g/mol. The Hall–Kier alpha value is -3.80. The van der Waals surface area contributed by atoms with Gasteiger partial charge in [0, 0.05) is 17.8 Å². The zero-order valence-electron chi connectivity index (χ0n) is 18.7. The summed E-state index contributed by atoms with van der Waals surface area (Å²) in [5.74, 6) is 0.0139. The fourth-order valence-corrected chi connectivity index (χ4v) is 3.50. The van der Waals surface area contributed by atoms with Crippen LogP contribution in [0.2, 0.25) is 0 Å². The second kappa shape index (κ2) is 10.5. The molecule has 0 aliphatic carbocycles. The molecule has 0 aromatic heterocycles. The lowest BCUT2D eigenvalue weighted by molar-refractivity contribution is -0.117. The highest BCUT2D eigenvalue weighted by Gasteiger charge is 2.09. The number of rotatable bonds is 9. The predicted octanol–water partition coefficient (Wildman–Crippen LogP) is 4.02. The zero-order chi connectivity index (χ0) is 23.1. The average Bonchev–Trinajstić information content (AvgIpc) is 2.77. The number of hydrogen-bond acceptors (Lipinski definition) is 4. The van der Waals surface area contributed by atoms with Gasteiger partial charge in [-0.1, -0.05) is 36.4 Å². The van der Waals surface area contributed by atoms with Crippen molar-refractivity contribution in [2.24, 2.45) is 5.73 Å². The first-order chi connectivity index (χ1) is 15.3. The van der Waals surface area contributed by atoms with Gasteiger partial charge in [0.1, 0.15) is 12.4 Å². The molecule has 2 amide bonds. The third-order valence-electron chi connectivity index (χ3n) is 5.22. The first-order valence-electron chi connectivity index (χ1n) is 10.5. The SMILES string of the molecule is Cc1ccccc1COc1c(C)cc(CNc2ccc(C(=O)NCC(N)=O)cc2)cc1C. The standard InChI is InChI=1S/C26H29N3O3/c1-17-6-4-5-7-22(17)16-32-25-18(2)12-20(13-19(25)3)14-28-23-10-8-21(9-11-23)26(31)29-15-24(27)30/h4-13,28H,14-16H2,1-3H3,(H2,27,30)(H,29,31). The van der Waals surface area contributed by atoms with Crippen LogP contribution in [-0.4, -0.2) is 18.4 Å². The lowest BCUT2D eigenvalue weighted by Gasteiger charge is -2.16. The van der Waals surface area contributed by atoms with Crippen LogP contribution in [0.15, 0.2) is 60.7 Å². The minimum atomic E-state index is -0.575. The molecule has 0 fully saturated rings. The van der Waals surface area contributed by atoms with Gasteiger partial charge in [0.15, 0.2) is 0 Å². The molecule has 0 unspecified atom stereocenters. The van der Waals surface area contributed by atoms with Crippen LogP contribution in [0, 0.1) is 20.8 Å². The molecule has 0 saturated carbocycles. The Bertz CT molecular complexity index is 1080. The second-order valence-electron chi connectivity index (χ2n) is 7.85. The number of hydrogen-bond donors (Lipinski definition) is 3. The van der Waals surface area contributed by atoms with Crippen molar-refractivity contribution in [2.75, 3.05) is 11.9 Å². The van der Waals surface area contributed by atoms with Gasteiger partial charge in [-0.15, -0.1) is 0 Å². The Morgan fingerprint density at radius 1 is 0.906 bits per heavy atom. The molecule has 0 heterocycles. The smallest absolute Gasteiger partial charge is 0.251 e. The molecule has 0 radical (unpaired) electrons. The molecule has 3 aromatic rings. The highest BCUT2D eigenvalue weighted by atomic mass is 16.5. The van der Waals surface area contributed by atoms with Gasteiger partial charge in [0.25, 0.3) is 5.91 Å². The van der Waals surface area contributed by atoms with Crippen molar-refractivity contribution in [3.63, 3.8) is 0 Å². The maximum Gasteiger partial charge on any atom is 0.251 e. The number of anilines is 1. The van der Waals surface area contributed by atoms with E-state index in [1.165, 1.54) is 11.1 Å². The lowest BCUT2D eigenvalue weighted by Crippen LogP contribution is -2.33. The number of carbonyl (C=O) groups is 2. The number of amides is 2. The number of primary amides is 1. The third kappa shape index (κ3) is 6.11. The Morgan fingerprint density at radius 3 is 2.19 bits per heavy atom. The molecule has 3 rings (SSSR count). The van der Waals surface area contributed by atoms with Crippen LogP contribution in [0.4, 0.5) is 5.69 Å². The number of nitrogens with two attached hydrogens (primary N) is 1. The first-order valence-corrected chi connectivity index (χ1v) is 10.5.